The second-order valence-electron chi connectivity index (χ2n) is 3.20. The molecule has 0 fully saturated rings. The molecule has 0 unspecified atom stereocenters. The fraction of sp³-hybridized carbons (Fsp3) is 0.273. The summed E-state index contributed by atoms with van der Waals surface area (Å²) in [5.41, 5.74) is -0.254. The molecule has 0 amide bonds. The monoisotopic (exact) mass is 228 g/mol. The molecule has 2 nitrogen and oxygen atoms in total. The Morgan fingerprint density at radius 1 is 1.50 bits per heavy atom. The molecule has 86 valence electrons. The highest BCUT2D eigenvalue weighted by Gasteiger charge is 2.30. The quantitative estimate of drug-likeness (QED) is 0.672. The van der Waals surface area contributed by atoms with Crippen LogP contribution >= 0.6 is 0 Å². The number of pyridine rings is 1. The summed E-state index contributed by atoms with van der Waals surface area (Å²) in [6.07, 6.45) is -2.05. The first-order valence-electron chi connectivity index (χ1n) is 4.58. The first kappa shape index (κ1) is 12.4. The Labute approximate surface area is 90.9 Å². The molecule has 0 aliphatic carbocycles. The molecule has 1 rings (SSSR count). The van der Waals surface area contributed by atoms with Crippen LogP contribution in [0.4, 0.5) is 13.2 Å². The fourth-order valence-corrected chi connectivity index (χ4v) is 1.25. The van der Waals surface area contributed by atoms with Crippen LogP contribution in [0, 0.1) is 0 Å². The van der Waals surface area contributed by atoms with E-state index in [2.05, 4.69) is 16.6 Å². The average molecular weight is 228 g/mol. The molecular formula is C11H11F3N2. The van der Waals surface area contributed by atoms with Crippen LogP contribution in [0.1, 0.15) is 19.4 Å². The van der Waals surface area contributed by atoms with Crippen molar-refractivity contribution in [2.75, 3.05) is 0 Å². The summed E-state index contributed by atoms with van der Waals surface area (Å²) in [4.78, 5) is 7.69. The molecule has 0 saturated carbocycles. The van der Waals surface area contributed by atoms with Gasteiger partial charge in [0.25, 0.3) is 0 Å². The van der Waals surface area contributed by atoms with Gasteiger partial charge in [0.2, 0.25) is 0 Å². The molecule has 0 aliphatic heterocycles. The number of alkyl halides is 3. The lowest BCUT2D eigenvalue weighted by Crippen LogP contribution is -2.30. The third kappa shape index (κ3) is 2.68. The number of rotatable bonds is 1. The van der Waals surface area contributed by atoms with Crippen LogP contribution in [0.25, 0.3) is 12.3 Å². The molecule has 0 bridgehead atoms. The molecule has 0 aliphatic rings. The van der Waals surface area contributed by atoms with E-state index >= 15 is 0 Å². The van der Waals surface area contributed by atoms with E-state index in [4.69, 9.17) is 0 Å². The van der Waals surface area contributed by atoms with E-state index in [1.807, 2.05) is 0 Å². The number of halogens is 3. The van der Waals surface area contributed by atoms with Crippen molar-refractivity contribution >= 4 is 18.5 Å². The van der Waals surface area contributed by atoms with E-state index in [0.29, 0.717) is 11.0 Å². The first-order chi connectivity index (χ1) is 7.36. The van der Waals surface area contributed by atoms with Crippen molar-refractivity contribution in [3.05, 3.63) is 28.4 Å². The van der Waals surface area contributed by atoms with E-state index in [0.717, 1.165) is 12.3 Å². The lowest BCUT2D eigenvalue weighted by atomic mass is 10.2. The zero-order valence-corrected chi connectivity index (χ0v) is 8.97. The predicted molar refractivity (Wildman–Crippen MR) is 57.3 cm³/mol. The van der Waals surface area contributed by atoms with Gasteiger partial charge in [0.1, 0.15) is 0 Å². The maximum Gasteiger partial charge on any atom is 0.417 e. The smallest absolute Gasteiger partial charge is 0.264 e. The molecular weight excluding hydrogens is 217 g/mol. The first-order valence-corrected chi connectivity index (χ1v) is 4.58. The van der Waals surface area contributed by atoms with E-state index < -0.39 is 11.7 Å². The normalized spacial score (nSPS) is 14.3. The second kappa shape index (κ2) is 4.47. The number of aromatic nitrogens is 1. The molecule has 0 radical (unpaired) electrons. The third-order valence-electron chi connectivity index (χ3n) is 1.96. The zero-order chi connectivity index (χ0) is 12.3. The molecule has 1 aromatic heterocycles. The maximum atomic E-state index is 12.3. The molecule has 0 saturated heterocycles. The molecule has 0 atom stereocenters. The predicted octanol–water partition coefficient (Wildman–Crippen LogP) is 1.73. The van der Waals surface area contributed by atoms with Crippen molar-refractivity contribution in [1.29, 1.82) is 0 Å². The minimum absolute atomic E-state index is 0.220. The summed E-state index contributed by atoms with van der Waals surface area (Å²) in [7, 11) is 0. The number of nitrogens with zero attached hydrogens (tertiary/aromatic N) is 2. The second-order valence-corrected chi connectivity index (χ2v) is 3.20. The van der Waals surface area contributed by atoms with Crippen molar-refractivity contribution in [3.63, 3.8) is 0 Å². The Bertz CT molecular complexity index is 515. The van der Waals surface area contributed by atoms with Crippen molar-refractivity contribution in [2.45, 2.75) is 20.0 Å². The third-order valence-corrected chi connectivity index (χ3v) is 1.96. The minimum Gasteiger partial charge on any atom is -0.264 e. The van der Waals surface area contributed by atoms with Gasteiger partial charge < -0.3 is 0 Å². The highest BCUT2D eigenvalue weighted by Crippen LogP contribution is 2.26. The summed E-state index contributed by atoms with van der Waals surface area (Å²) in [5.74, 6) is 0. The molecule has 1 aromatic rings. The van der Waals surface area contributed by atoms with Gasteiger partial charge in [0.05, 0.1) is 16.6 Å². The summed E-state index contributed by atoms with van der Waals surface area (Å²) < 4.78 is 37.0. The van der Waals surface area contributed by atoms with Gasteiger partial charge in [0.15, 0.2) is 0 Å². The summed E-state index contributed by atoms with van der Waals surface area (Å²) in [6.45, 7) is 6.93. The number of hydrogen-bond donors (Lipinski definition) is 0. The zero-order valence-electron chi connectivity index (χ0n) is 8.97. The molecule has 5 heteroatoms. The minimum atomic E-state index is -4.39. The largest absolute Gasteiger partial charge is 0.417 e. The molecule has 1 heterocycles. The number of hydrogen-bond acceptors (Lipinski definition) is 2. The van der Waals surface area contributed by atoms with Crippen LogP contribution < -0.4 is 10.6 Å². The van der Waals surface area contributed by atoms with Crippen molar-refractivity contribution in [2.24, 2.45) is 4.99 Å². The summed E-state index contributed by atoms with van der Waals surface area (Å²) in [5, 5.41) is 0.601. The molecule has 0 aromatic carbocycles. The lowest BCUT2D eigenvalue weighted by molar-refractivity contribution is -0.137. The Morgan fingerprint density at radius 3 is 2.56 bits per heavy atom. The maximum absolute atomic E-state index is 12.3. The van der Waals surface area contributed by atoms with Gasteiger partial charge in [-0.2, -0.15) is 13.2 Å². The van der Waals surface area contributed by atoms with Crippen LogP contribution in [0.2, 0.25) is 0 Å². The van der Waals surface area contributed by atoms with E-state index in [1.54, 1.807) is 20.1 Å². The fourth-order valence-electron chi connectivity index (χ4n) is 1.25. The van der Waals surface area contributed by atoms with Gasteiger partial charge in [-0.15, -0.1) is 0 Å². The van der Waals surface area contributed by atoms with E-state index in [1.165, 1.54) is 0 Å². The van der Waals surface area contributed by atoms with Gasteiger partial charge in [-0.05, 0) is 25.1 Å². The van der Waals surface area contributed by atoms with E-state index in [9.17, 15) is 13.2 Å². The van der Waals surface area contributed by atoms with Crippen molar-refractivity contribution in [3.8, 4) is 0 Å². The Balaban J connectivity index is 3.43. The van der Waals surface area contributed by atoms with Gasteiger partial charge in [0, 0.05) is 12.4 Å². The molecule has 0 N–H and O–H groups in total. The average Bonchev–Trinajstić information content (AvgIpc) is 2.16. The van der Waals surface area contributed by atoms with Crippen LogP contribution in [0.5, 0.6) is 0 Å². The van der Waals surface area contributed by atoms with Gasteiger partial charge in [-0.3, -0.25) is 9.98 Å². The summed E-state index contributed by atoms with van der Waals surface area (Å²) >= 11 is 0. The van der Waals surface area contributed by atoms with Gasteiger partial charge in [-0.1, -0.05) is 6.58 Å². The van der Waals surface area contributed by atoms with Crippen molar-refractivity contribution < 1.29 is 13.2 Å². The summed E-state index contributed by atoms with van der Waals surface area (Å²) in [6, 6.07) is 0.969. The Morgan fingerprint density at radius 2 is 2.12 bits per heavy atom. The van der Waals surface area contributed by atoms with Crippen molar-refractivity contribution in [1.82, 2.24) is 4.98 Å². The van der Waals surface area contributed by atoms with Crippen LogP contribution in [0.15, 0.2) is 17.3 Å². The topological polar surface area (TPSA) is 25.2 Å². The number of aliphatic imine (C=N–C) groups is 1. The highest BCUT2D eigenvalue weighted by molar-refractivity contribution is 5.61. The standard InChI is InChI=1S/C11H11F3N2/c1-4-15-8(3)10-7(2)5-9(6-16-10)11(12,13)14/h4-6H,2H2,1,3H3/b10-8+,15-4?. The SMILES string of the molecule is C=c1cc(C(F)(F)F)cn/c1=C(\C)N=CC. The van der Waals surface area contributed by atoms with Crippen LogP contribution in [-0.2, 0) is 6.18 Å². The van der Waals surface area contributed by atoms with Gasteiger partial charge >= 0.3 is 6.18 Å². The van der Waals surface area contributed by atoms with E-state index in [-0.39, 0.29) is 5.22 Å². The highest BCUT2D eigenvalue weighted by atomic mass is 19.4. The Hall–Kier alpha value is -1.65. The van der Waals surface area contributed by atoms with Crippen LogP contribution in [0.3, 0.4) is 0 Å². The Kier molecular flexibility index (Phi) is 3.47. The molecule has 0 spiro atoms. The lowest BCUT2D eigenvalue weighted by Gasteiger charge is -2.05. The van der Waals surface area contributed by atoms with Gasteiger partial charge in [-0.25, -0.2) is 0 Å². The molecule has 16 heavy (non-hydrogen) atoms. The van der Waals surface area contributed by atoms with Crippen LogP contribution in [-0.4, -0.2) is 11.2 Å².